The maximum Gasteiger partial charge on any atom is 0.416 e. The van der Waals surface area contributed by atoms with Crippen LogP contribution in [0.3, 0.4) is 0 Å². The Labute approximate surface area is 158 Å². The zero-order valence-electron chi connectivity index (χ0n) is 14.8. The monoisotopic (exact) mass is 397 g/mol. The van der Waals surface area contributed by atoms with Gasteiger partial charge >= 0.3 is 12.1 Å². The van der Waals surface area contributed by atoms with Gasteiger partial charge in [-0.05, 0) is 37.1 Å². The van der Waals surface area contributed by atoms with Crippen LogP contribution in [0.5, 0.6) is 0 Å². The number of nitrogens with one attached hydrogen (secondary N) is 1. The largest absolute Gasteiger partial charge is 0.450 e. The summed E-state index contributed by atoms with van der Waals surface area (Å²) in [7, 11) is 0. The van der Waals surface area contributed by atoms with Crippen molar-refractivity contribution in [2.45, 2.75) is 25.1 Å². The van der Waals surface area contributed by atoms with Crippen LogP contribution < -0.4 is 5.32 Å². The van der Waals surface area contributed by atoms with Gasteiger partial charge in [0.2, 0.25) is 5.76 Å². The molecule has 0 aliphatic carbocycles. The number of benzene rings is 1. The number of carbonyl (C=O) groups excluding carboxylic acids is 2. The Bertz CT molecular complexity index is 840. The van der Waals surface area contributed by atoms with Gasteiger partial charge in [-0.3, -0.25) is 4.79 Å². The molecule has 1 N–H and O–H groups in total. The minimum absolute atomic E-state index is 0.0280. The summed E-state index contributed by atoms with van der Waals surface area (Å²) < 4.78 is 53.9. The maximum atomic E-state index is 12.8. The molecule has 6 nitrogen and oxygen atoms in total. The molecular formula is C19H18F3NO5. The highest BCUT2D eigenvalue weighted by atomic mass is 19.4. The molecule has 3 rings (SSSR count). The van der Waals surface area contributed by atoms with Gasteiger partial charge in [-0.2, -0.15) is 13.2 Å². The summed E-state index contributed by atoms with van der Waals surface area (Å²) in [6.45, 7) is 0.518. The van der Waals surface area contributed by atoms with Crippen LogP contribution in [0.15, 0.2) is 40.8 Å². The molecule has 0 saturated carbocycles. The van der Waals surface area contributed by atoms with Gasteiger partial charge in [0.15, 0.2) is 6.61 Å². The standard InChI is InChI=1S/C19H18F3NO5/c20-19(21,22)13-4-1-3-12(9-13)15-6-7-16(28-15)18(25)27-11-17(24)23-10-14-5-2-8-26-14/h1,3-4,6-7,9,14H,2,5,8,10-11H2,(H,23,24)/t14-/m1/s1. The summed E-state index contributed by atoms with van der Waals surface area (Å²) in [5, 5.41) is 2.60. The van der Waals surface area contributed by atoms with E-state index in [0.29, 0.717) is 13.2 Å². The van der Waals surface area contributed by atoms with Crippen molar-refractivity contribution in [3.05, 3.63) is 47.7 Å². The lowest BCUT2D eigenvalue weighted by molar-refractivity contribution is -0.137. The molecule has 28 heavy (non-hydrogen) atoms. The second-order valence-electron chi connectivity index (χ2n) is 6.26. The minimum atomic E-state index is -4.48. The number of halogens is 3. The van der Waals surface area contributed by atoms with Gasteiger partial charge < -0.3 is 19.2 Å². The van der Waals surface area contributed by atoms with Gasteiger partial charge in [0.1, 0.15) is 5.76 Å². The van der Waals surface area contributed by atoms with Gasteiger partial charge in [0.25, 0.3) is 5.91 Å². The summed E-state index contributed by atoms with van der Waals surface area (Å²) in [6.07, 6.45) is -2.70. The number of rotatable bonds is 6. The van der Waals surface area contributed by atoms with Gasteiger partial charge in [-0.25, -0.2) is 4.79 Å². The molecule has 1 aromatic carbocycles. The summed E-state index contributed by atoms with van der Waals surface area (Å²) in [5.74, 6) is -1.49. The summed E-state index contributed by atoms with van der Waals surface area (Å²) in [6, 6.07) is 7.19. The fourth-order valence-electron chi connectivity index (χ4n) is 2.74. The summed E-state index contributed by atoms with van der Waals surface area (Å²) in [4.78, 5) is 23.7. The first kappa shape index (κ1) is 19.9. The predicted octanol–water partition coefficient (Wildman–Crippen LogP) is 3.42. The van der Waals surface area contributed by atoms with Crippen LogP contribution in [0.1, 0.15) is 29.0 Å². The molecule has 1 atom stereocenters. The number of ether oxygens (including phenoxy) is 2. The fourth-order valence-corrected chi connectivity index (χ4v) is 2.74. The second kappa shape index (κ2) is 8.47. The highest BCUT2D eigenvalue weighted by molar-refractivity contribution is 5.89. The molecule has 2 heterocycles. The van der Waals surface area contributed by atoms with Gasteiger partial charge in [-0.1, -0.05) is 12.1 Å². The number of furan rings is 1. The number of alkyl halides is 3. The van der Waals surface area contributed by atoms with E-state index in [-0.39, 0.29) is 23.2 Å². The zero-order valence-corrected chi connectivity index (χ0v) is 14.8. The minimum Gasteiger partial charge on any atom is -0.450 e. The summed E-state index contributed by atoms with van der Waals surface area (Å²) in [5.41, 5.74) is -0.656. The molecule has 9 heteroatoms. The molecule has 2 aromatic rings. The molecule has 0 spiro atoms. The van der Waals surface area contributed by atoms with Crippen LogP contribution in [-0.4, -0.2) is 37.7 Å². The first-order chi connectivity index (χ1) is 13.3. The van der Waals surface area contributed by atoms with Crippen molar-refractivity contribution >= 4 is 11.9 Å². The third-order valence-electron chi connectivity index (χ3n) is 4.17. The number of hydrogen-bond acceptors (Lipinski definition) is 5. The molecule has 1 amide bonds. The Morgan fingerprint density at radius 2 is 2.04 bits per heavy atom. The maximum absolute atomic E-state index is 12.8. The SMILES string of the molecule is O=C(COC(=O)c1ccc(-c2cccc(C(F)(F)F)c2)o1)NC[C@H]1CCCO1. The Balaban J connectivity index is 1.54. The van der Waals surface area contributed by atoms with E-state index in [9.17, 15) is 22.8 Å². The van der Waals surface area contributed by atoms with Gasteiger partial charge in [0.05, 0.1) is 11.7 Å². The number of amides is 1. The van der Waals surface area contributed by atoms with Gasteiger partial charge in [-0.15, -0.1) is 0 Å². The molecule has 1 saturated heterocycles. The van der Waals surface area contributed by atoms with E-state index in [2.05, 4.69) is 5.32 Å². The van der Waals surface area contributed by atoms with E-state index >= 15 is 0 Å². The molecule has 1 fully saturated rings. The molecule has 150 valence electrons. The first-order valence-corrected chi connectivity index (χ1v) is 8.66. The van der Waals surface area contributed by atoms with Crippen molar-refractivity contribution < 1.29 is 36.7 Å². The lowest BCUT2D eigenvalue weighted by Crippen LogP contribution is -2.34. The van der Waals surface area contributed by atoms with Crippen LogP contribution >= 0.6 is 0 Å². The smallest absolute Gasteiger partial charge is 0.416 e. The van der Waals surface area contributed by atoms with Crippen molar-refractivity contribution in [1.82, 2.24) is 5.32 Å². The number of esters is 1. The molecule has 1 aliphatic heterocycles. The Kier molecular flexibility index (Phi) is 6.03. The van der Waals surface area contributed by atoms with Gasteiger partial charge in [0, 0.05) is 18.7 Å². The van der Waals surface area contributed by atoms with Crippen LogP contribution in [0.4, 0.5) is 13.2 Å². The summed E-state index contributed by atoms with van der Waals surface area (Å²) >= 11 is 0. The van der Waals surface area contributed by atoms with Crippen LogP contribution in [0.25, 0.3) is 11.3 Å². The Hall–Kier alpha value is -2.81. The lowest BCUT2D eigenvalue weighted by atomic mass is 10.1. The first-order valence-electron chi connectivity index (χ1n) is 8.66. The third-order valence-corrected chi connectivity index (χ3v) is 4.17. The normalized spacial score (nSPS) is 16.8. The molecule has 0 bridgehead atoms. The van der Waals surface area contributed by atoms with E-state index in [1.807, 2.05) is 0 Å². The second-order valence-corrected chi connectivity index (χ2v) is 6.26. The quantitative estimate of drug-likeness (QED) is 0.756. The Morgan fingerprint density at radius 3 is 2.75 bits per heavy atom. The number of carbonyl (C=O) groups is 2. The predicted molar refractivity (Wildman–Crippen MR) is 91.4 cm³/mol. The average Bonchev–Trinajstić information content (AvgIpc) is 3.35. The zero-order chi connectivity index (χ0) is 20.1. The van der Waals surface area contributed by atoms with Crippen molar-refractivity contribution in [3.63, 3.8) is 0 Å². The van der Waals surface area contributed by atoms with Crippen molar-refractivity contribution in [1.29, 1.82) is 0 Å². The molecule has 1 aromatic heterocycles. The fraction of sp³-hybridized carbons (Fsp3) is 0.368. The molecular weight excluding hydrogens is 379 g/mol. The highest BCUT2D eigenvalue weighted by Gasteiger charge is 2.30. The van der Waals surface area contributed by atoms with Crippen LogP contribution in [-0.2, 0) is 20.4 Å². The van der Waals surface area contributed by atoms with E-state index < -0.39 is 30.2 Å². The van der Waals surface area contributed by atoms with E-state index in [4.69, 9.17) is 13.9 Å². The van der Waals surface area contributed by atoms with Crippen molar-refractivity contribution in [2.75, 3.05) is 19.8 Å². The molecule has 1 aliphatic rings. The Morgan fingerprint density at radius 1 is 1.21 bits per heavy atom. The highest BCUT2D eigenvalue weighted by Crippen LogP contribution is 2.32. The van der Waals surface area contributed by atoms with Crippen LogP contribution in [0, 0.1) is 0 Å². The van der Waals surface area contributed by atoms with E-state index in [0.717, 1.165) is 25.0 Å². The molecule has 0 unspecified atom stereocenters. The van der Waals surface area contributed by atoms with Crippen molar-refractivity contribution in [3.8, 4) is 11.3 Å². The van der Waals surface area contributed by atoms with E-state index in [1.165, 1.54) is 24.3 Å². The van der Waals surface area contributed by atoms with Crippen molar-refractivity contribution in [2.24, 2.45) is 0 Å². The third kappa shape index (κ3) is 5.13. The number of hydrogen-bond donors (Lipinski definition) is 1. The van der Waals surface area contributed by atoms with Crippen LogP contribution in [0.2, 0.25) is 0 Å². The average molecular weight is 397 g/mol. The topological polar surface area (TPSA) is 77.8 Å². The molecule has 0 radical (unpaired) electrons. The lowest BCUT2D eigenvalue weighted by Gasteiger charge is -2.10. The van der Waals surface area contributed by atoms with E-state index in [1.54, 1.807) is 0 Å².